The summed E-state index contributed by atoms with van der Waals surface area (Å²) in [5.74, 6) is 0.220. The van der Waals surface area contributed by atoms with E-state index in [1.54, 1.807) is 19.2 Å². The minimum Gasteiger partial charge on any atom is -0.475 e. The highest BCUT2D eigenvalue weighted by Gasteiger charge is 2.33. The summed E-state index contributed by atoms with van der Waals surface area (Å²) in [6.45, 7) is 4.34. The Kier molecular flexibility index (Phi) is 5.16. The molecule has 0 radical (unpaired) electrons. The van der Waals surface area contributed by atoms with Crippen LogP contribution in [0.25, 0.3) is 22.3 Å². The fourth-order valence-electron chi connectivity index (χ4n) is 5.11. The Morgan fingerprint density at radius 3 is 2.94 bits per heavy atom. The molecule has 3 N–H and O–H groups in total. The number of amides is 1. The van der Waals surface area contributed by atoms with Crippen molar-refractivity contribution in [1.82, 2.24) is 20.3 Å². The van der Waals surface area contributed by atoms with E-state index in [-0.39, 0.29) is 23.7 Å². The van der Waals surface area contributed by atoms with Crippen LogP contribution in [-0.4, -0.2) is 33.5 Å². The lowest BCUT2D eigenvalue weighted by Gasteiger charge is -2.24. The molecule has 35 heavy (non-hydrogen) atoms. The average molecular weight is 472 g/mol. The number of nitrogens with one attached hydrogen (secondary N) is 3. The number of aromatic nitrogens is 3. The zero-order valence-corrected chi connectivity index (χ0v) is 19.6. The second kappa shape index (κ2) is 8.37. The van der Waals surface area contributed by atoms with E-state index in [1.807, 2.05) is 24.3 Å². The van der Waals surface area contributed by atoms with Crippen molar-refractivity contribution in [1.29, 1.82) is 0 Å². The summed E-state index contributed by atoms with van der Waals surface area (Å²) in [4.78, 5) is 26.1. The Morgan fingerprint density at radius 1 is 1.17 bits per heavy atom. The molecule has 6 rings (SSSR count). The maximum Gasteiger partial charge on any atom is 0.255 e. The first-order chi connectivity index (χ1) is 17.0. The Bertz CT molecular complexity index is 1460. The normalized spacial score (nSPS) is 19.3. The molecule has 1 aromatic carbocycles. The van der Waals surface area contributed by atoms with Gasteiger partial charge < -0.3 is 20.4 Å². The summed E-state index contributed by atoms with van der Waals surface area (Å²) >= 11 is 0. The van der Waals surface area contributed by atoms with E-state index in [9.17, 15) is 9.18 Å². The van der Waals surface area contributed by atoms with Crippen LogP contribution in [0, 0.1) is 12.7 Å². The summed E-state index contributed by atoms with van der Waals surface area (Å²) in [6.07, 6.45) is 4.47. The number of H-pyrrole nitrogens is 1. The summed E-state index contributed by atoms with van der Waals surface area (Å²) in [5, 5.41) is 6.44. The predicted molar refractivity (Wildman–Crippen MR) is 133 cm³/mol. The third-order valence-corrected chi connectivity index (χ3v) is 7.01. The van der Waals surface area contributed by atoms with Crippen LogP contribution in [0.2, 0.25) is 0 Å². The van der Waals surface area contributed by atoms with E-state index in [4.69, 9.17) is 9.72 Å². The molecule has 4 bridgehead atoms. The number of rotatable bonds is 2. The van der Waals surface area contributed by atoms with Gasteiger partial charge in [-0.05, 0) is 57.4 Å². The molecule has 0 fully saturated rings. The van der Waals surface area contributed by atoms with E-state index >= 15 is 0 Å². The van der Waals surface area contributed by atoms with Gasteiger partial charge in [0.15, 0.2) is 0 Å². The minimum atomic E-state index is -0.308. The van der Waals surface area contributed by atoms with E-state index in [1.165, 1.54) is 6.07 Å². The van der Waals surface area contributed by atoms with Gasteiger partial charge in [0.25, 0.3) is 5.91 Å². The van der Waals surface area contributed by atoms with Gasteiger partial charge in [-0.1, -0.05) is 6.07 Å². The van der Waals surface area contributed by atoms with Gasteiger partial charge in [-0.3, -0.25) is 9.78 Å². The van der Waals surface area contributed by atoms with Crippen LogP contribution in [-0.2, 0) is 0 Å². The minimum absolute atomic E-state index is 0.0185. The number of nitrogens with zero attached hydrogens (tertiary/aromatic N) is 2. The van der Waals surface area contributed by atoms with Crippen LogP contribution in [0.3, 0.4) is 0 Å². The van der Waals surface area contributed by atoms with E-state index in [0.29, 0.717) is 40.4 Å². The number of halogens is 1. The molecular formula is C27H26FN5O2. The fourth-order valence-corrected chi connectivity index (χ4v) is 5.11. The standard InChI is InChI=1S/C27H26FN5O2/c1-14-5-3-6-16-13-30-27(34)22-23(16)33-25(26(22)31-19-8-4-7-18(28)15(19)2)17-11-12-29-20-9-10-21(35-14)32-24(17)20/h4,7-12,14,16,31,33H,3,5-6,13H2,1-2H3,(H,30,34)/t14-,16-/m0/s1. The maximum atomic E-state index is 14.4. The number of carbonyl (C=O) groups is 1. The summed E-state index contributed by atoms with van der Waals surface area (Å²) in [7, 11) is 0. The summed E-state index contributed by atoms with van der Waals surface area (Å²) in [5.41, 5.74) is 6.09. The van der Waals surface area contributed by atoms with E-state index < -0.39 is 0 Å². The molecule has 2 aliphatic rings. The van der Waals surface area contributed by atoms with Crippen molar-refractivity contribution in [2.24, 2.45) is 0 Å². The largest absolute Gasteiger partial charge is 0.475 e. The SMILES string of the molecule is Cc1c(F)cccc1Nc1c2[nH]c3c1C(=O)NC[C@@H]3CCC[C@H](C)Oc1ccc3nccc-2c3n1. The van der Waals surface area contributed by atoms with Crippen LogP contribution in [0.5, 0.6) is 5.88 Å². The van der Waals surface area contributed by atoms with Gasteiger partial charge in [-0.15, -0.1) is 0 Å². The lowest BCUT2D eigenvalue weighted by Crippen LogP contribution is -2.35. The number of pyridine rings is 2. The zero-order valence-electron chi connectivity index (χ0n) is 19.6. The monoisotopic (exact) mass is 471 g/mol. The molecule has 0 spiro atoms. The van der Waals surface area contributed by atoms with Crippen molar-refractivity contribution in [3.63, 3.8) is 0 Å². The molecule has 7 nitrogen and oxygen atoms in total. The zero-order chi connectivity index (χ0) is 24.1. The highest BCUT2D eigenvalue weighted by Crippen LogP contribution is 2.43. The quantitative estimate of drug-likeness (QED) is 0.354. The molecule has 2 aliphatic heterocycles. The van der Waals surface area contributed by atoms with Gasteiger partial charge >= 0.3 is 0 Å². The van der Waals surface area contributed by atoms with Gasteiger partial charge in [-0.2, -0.15) is 0 Å². The Balaban J connectivity index is 1.63. The second-order valence-electron chi connectivity index (χ2n) is 9.34. The third kappa shape index (κ3) is 3.69. The summed E-state index contributed by atoms with van der Waals surface area (Å²) in [6, 6.07) is 10.5. The molecule has 0 saturated carbocycles. The molecule has 0 unspecified atom stereocenters. The molecule has 4 aromatic rings. The van der Waals surface area contributed by atoms with Crippen LogP contribution in [0.15, 0.2) is 42.6 Å². The van der Waals surface area contributed by atoms with E-state index in [2.05, 4.69) is 27.5 Å². The van der Waals surface area contributed by atoms with Gasteiger partial charge in [-0.25, -0.2) is 9.37 Å². The highest BCUT2D eigenvalue weighted by atomic mass is 19.1. The van der Waals surface area contributed by atoms with Gasteiger partial charge in [0, 0.05) is 47.2 Å². The van der Waals surface area contributed by atoms with Crippen molar-refractivity contribution >= 4 is 28.3 Å². The van der Waals surface area contributed by atoms with Crippen LogP contribution < -0.4 is 15.4 Å². The lowest BCUT2D eigenvalue weighted by molar-refractivity contribution is 0.0939. The topological polar surface area (TPSA) is 91.9 Å². The Hall–Kier alpha value is -3.94. The predicted octanol–water partition coefficient (Wildman–Crippen LogP) is 5.59. The first kappa shape index (κ1) is 21.6. The van der Waals surface area contributed by atoms with Crippen molar-refractivity contribution in [3.05, 3.63) is 65.2 Å². The van der Waals surface area contributed by atoms with Crippen molar-refractivity contribution in [3.8, 4) is 17.1 Å². The molecular weight excluding hydrogens is 445 g/mol. The molecule has 1 amide bonds. The van der Waals surface area contributed by atoms with Crippen molar-refractivity contribution in [2.75, 3.05) is 11.9 Å². The molecule has 5 heterocycles. The lowest BCUT2D eigenvalue weighted by atomic mass is 9.91. The first-order valence-electron chi connectivity index (χ1n) is 12.0. The third-order valence-electron chi connectivity index (χ3n) is 7.01. The number of hydrogen-bond acceptors (Lipinski definition) is 5. The molecule has 2 atom stereocenters. The number of fused-ring (bicyclic) bond motifs is 3. The van der Waals surface area contributed by atoms with E-state index in [0.717, 1.165) is 41.7 Å². The molecule has 178 valence electrons. The first-order valence-corrected chi connectivity index (χ1v) is 12.0. The van der Waals surface area contributed by atoms with Crippen LogP contribution in [0.1, 0.15) is 53.7 Å². The van der Waals surface area contributed by atoms with Crippen molar-refractivity contribution in [2.45, 2.75) is 45.1 Å². The highest BCUT2D eigenvalue weighted by molar-refractivity contribution is 6.08. The van der Waals surface area contributed by atoms with Crippen LogP contribution >= 0.6 is 0 Å². The molecule has 0 aliphatic carbocycles. The smallest absolute Gasteiger partial charge is 0.255 e. The molecule has 3 aromatic heterocycles. The number of benzene rings is 1. The number of carbonyl (C=O) groups excluding carboxylic acids is 1. The number of ether oxygens (including phenoxy) is 1. The van der Waals surface area contributed by atoms with Gasteiger partial charge in [0.05, 0.1) is 28.6 Å². The Morgan fingerprint density at radius 2 is 2.06 bits per heavy atom. The second-order valence-corrected chi connectivity index (χ2v) is 9.34. The van der Waals surface area contributed by atoms with Gasteiger partial charge in [0.1, 0.15) is 11.3 Å². The molecule has 8 heteroatoms. The number of hydrogen-bond donors (Lipinski definition) is 3. The average Bonchev–Trinajstić information content (AvgIpc) is 3.23. The Labute approximate surface area is 202 Å². The van der Waals surface area contributed by atoms with Gasteiger partial charge in [0.2, 0.25) is 5.88 Å². The van der Waals surface area contributed by atoms with Crippen LogP contribution in [0.4, 0.5) is 15.8 Å². The van der Waals surface area contributed by atoms with Crippen molar-refractivity contribution < 1.29 is 13.9 Å². The summed E-state index contributed by atoms with van der Waals surface area (Å²) < 4.78 is 20.5. The fraction of sp³-hybridized carbons (Fsp3) is 0.296. The number of aromatic amines is 1. The number of anilines is 2. The maximum absolute atomic E-state index is 14.4. The molecule has 0 saturated heterocycles.